The average molecular weight is 398 g/mol. The smallest absolute Gasteiger partial charge is 0.270 e. The summed E-state index contributed by atoms with van der Waals surface area (Å²) in [5.41, 5.74) is 2.34. The van der Waals surface area contributed by atoms with Gasteiger partial charge in [0.05, 0.1) is 12.8 Å². The molecule has 0 spiro atoms. The molecule has 2 aromatic heterocycles. The molecule has 6 heteroatoms. The predicted octanol–water partition coefficient (Wildman–Crippen LogP) is 4.32. The Balaban J connectivity index is 1.51. The first-order chi connectivity index (χ1) is 14.8. The van der Waals surface area contributed by atoms with Gasteiger partial charge in [-0.25, -0.2) is 9.97 Å². The molecule has 150 valence electrons. The highest BCUT2D eigenvalue weighted by atomic mass is 16.3. The molecule has 4 aromatic rings. The highest BCUT2D eigenvalue weighted by Gasteiger charge is 2.13. The van der Waals surface area contributed by atoms with Crippen molar-refractivity contribution in [1.82, 2.24) is 15.3 Å². The largest absolute Gasteiger partial charge is 0.467 e. The quantitative estimate of drug-likeness (QED) is 0.462. The minimum absolute atomic E-state index is 0.230. The van der Waals surface area contributed by atoms with Crippen LogP contribution in [-0.4, -0.2) is 22.4 Å². The number of rotatable bonds is 8. The molecule has 0 radical (unpaired) electrons. The van der Waals surface area contributed by atoms with Crippen LogP contribution in [0.25, 0.3) is 11.4 Å². The molecule has 4 rings (SSSR count). The fraction of sp³-hybridized carbons (Fsp3) is 0.125. The summed E-state index contributed by atoms with van der Waals surface area (Å²) in [7, 11) is 0. The molecule has 0 bridgehead atoms. The highest BCUT2D eigenvalue weighted by Crippen LogP contribution is 2.18. The summed E-state index contributed by atoms with van der Waals surface area (Å²) in [6.45, 7) is 0.996. The Kier molecular flexibility index (Phi) is 6.15. The molecule has 0 atom stereocenters. The van der Waals surface area contributed by atoms with Gasteiger partial charge in [-0.05, 0) is 24.1 Å². The number of anilines is 1. The third kappa shape index (κ3) is 5.11. The van der Waals surface area contributed by atoms with Gasteiger partial charge < -0.3 is 15.1 Å². The first-order valence-electron chi connectivity index (χ1n) is 9.81. The zero-order chi connectivity index (χ0) is 20.6. The average Bonchev–Trinajstić information content (AvgIpc) is 3.32. The van der Waals surface area contributed by atoms with Crippen molar-refractivity contribution in [3.63, 3.8) is 0 Å². The van der Waals surface area contributed by atoms with Gasteiger partial charge in [-0.3, -0.25) is 4.79 Å². The van der Waals surface area contributed by atoms with Crippen LogP contribution in [0.3, 0.4) is 0 Å². The van der Waals surface area contributed by atoms with Gasteiger partial charge in [-0.1, -0.05) is 60.7 Å². The van der Waals surface area contributed by atoms with E-state index in [1.807, 2.05) is 72.8 Å². The maximum atomic E-state index is 12.8. The Morgan fingerprint density at radius 1 is 0.900 bits per heavy atom. The van der Waals surface area contributed by atoms with Crippen molar-refractivity contribution in [3.8, 4) is 11.4 Å². The molecule has 2 heterocycles. The molecular formula is C24H22N4O2. The van der Waals surface area contributed by atoms with Crippen molar-refractivity contribution >= 4 is 11.7 Å². The molecule has 0 aliphatic carbocycles. The van der Waals surface area contributed by atoms with E-state index in [4.69, 9.17) is 4.42 Å². The van der Waals surface area contributed by atoms with Crippen LogP contribution in [0.1, 0.15) is 21.8 Å². The van der Waals surface area contributed by atoms with E-state index in [2.05, 4.69) is 20.6 Å². The van der Waals surface area contributed by atoms with Crippen LogP contribution in [0.4, 0.5) is 5.82 Å². The van der Waals surface area contributed by atoms with Gasteiger partial charge >= 0.3 is 0 Å². The number of amides is 1. The van der Waals surface area contributed by atoms with Gasteiger partial charge in [-0.2, -0.15) is 0 Å². The molecule has 0 aliphatic rings. The third-order valence-corrected chi connectivity index (χ3v) is 4.56. The van der Waals surface area contributed by atoms with E-state index in [9.17, 15) is 4.79 Å². The minimum Gasteiger partial charge on any atom is -0.467 e. The number of hydrogen-bond donors (Lipinski definition) is 2. The maximum Gasteiger partial charge on any atom is 0.270 e. The lowest BCUT2D eigenvalue weighted by atomic mass is 10.1. The van der Waals surface area contributed by atoms with E-state index in [1.54, 1.807) is 12.3 Å². The van der Waals surface area contributed by atoms with Crippen LogP contribution in [0.5, 0.6) is 0 Å². The monoisotopic (exact) mass is 398 g/mol. The van der Waals surface area contributed by atoms with E-state index in [0.29, 0.717) is 30.4 Å². The standard InChI is InChI=1S/C24H22N4O2/c29-24(25-14-13-18-8-3-1-4-9-18)21-16-22(26-17-20-12-7-15-30-20)28-23(27-21)19-10-5-2-6-11-19/h1-12,15-16H,13-14,17H2,(H,25,29)(H,26,27,28). The molecule has 30 heavy (non-hydrogen) atoms. The van der Waals surface area contributed by atoms with Crippen molar-refractivity contribution in [1.29, 1.82) is 0 Å². The number of nitrogens with zero attached hydrogens (tertiary/aromatic N) is 2. The summed E-state index contributed by atoms with van der Waals surface area (Å²) in [6, 6.07) is 25.0. The second kappa shape index (κ2) is 9.52. The van der Waals surface area contributed by atoms with Gasteiger partial charge in [-0.15, -0.1) is 0 Å². The molecule has 2 aromatic carbocycles. The summed E-state index contributed by atoms with van der Waals surface area (Å²) < 4.78 is 5.36. The van der Waals surface area contributed by atoms with Crippen LogP contribution in [0.15, 0.2) is 89.5 Å². The summed E-state index contributed by atoms with van der Waals surface area (Å²) in [5, 5.41) is 6.16. The van der Waals surface area contributed by atoms with Crippen LogP contribution in [0.2, 0.25) is 0 Å². The number of aromatic nitrogens is 2. The van der Waals surface area contributed by atoms with Crippen LogP contribution < -0.4 is 10.6 Å². The molecule has 0 unspecified atom stereocenters. The van der Waals surface area contributed by atoms with Gasteiger partial charge in [0.25, 0.3) is 5.91 Å². The van der Waals surface area contributed by atoms with Crippen LogP contribution >= 0.6 is 0 Å². The van der Waals surface area contributed by atoms with Crippen molar-refractivity contribution in [2.24, 2.45) is 0 Å². The van der Waals surface area contributed by atoms with Gasteiger partial charge in [0, 0.05) is 18.2 Å². The molecule has 2 N–H and O–H groups in total. The first-order valence-corrected chi connectivity index (χ1v) is 9.81. The number of hydrogen-bond acceptors (Lipinski definition) is 5. The lowest BCUT2D eigenvalue weighted by molar-refractivity contribution is 0.0949. The molecule has 0 saturated heterocycles. The van der Waals surface area contributed by atoms with Gasteiger partial charge in [0.15, 0.2) is 5.82 Å². The number of furan rings is 1. The SMILES string of the molecule is O=C(NCCc1ccccc1)c1cc(NCc2ccco2)nc(-c2ccccc2)n1. The van der Waals surface area contributed by atoms with Crippen LogP contribution in [-0.2, 0) is 13.0 Å². The molecular weight excluding hydrogens is 376 g/mol. The fourth-order valence-corrected chi connectivity index (χ4v) is 3.02. The topological polar surface area (TPSA) is 80.0 Å². The van der Waals surface area contributed by atoms with Crippen molar-refractivity contribution in [2.75, 3.05) is 11.9 Å². The number of carbonyl (C=O) groups is 1. The van der Waals surface area contributed by atoms with E-state index < -0.39 is 0 Å². The summed E-state index contributed by atoms with van der Waals surface area (Å²) in [5.74, 6) is 1.61. The van der Waals surface area contributed by atoms with E-state index in [1.165, 1.54) is 5.56 Å². The van der Waals surface area contributed by atoms with Gasteiger partial charge in [0.2, 0.25) is 0 Å². The summed E-state index contributed by atoms with van der Waals surface area (Å²) >= 11 is 0. The van der Waals surface area contributed by atoms with Crippen molar-refractivity contribution in [2.45, 2.75) is 13.0 Å². The lowest BCUT2D eigenvalue weighted by Gasteiger charge is -2.10. The molecule has 0 fully saturated rings. The number of carbonyl (C=O) groups excluding carboxylic acids is 1. The molecule has 0 saturated carbocycles. The number of benzene rings is 2. The predicted molar refractivity (Wildman–Crippen MR) is 116 cm³/mol. The zero-order valence-electron chi connectivity index (χ0n) is 16.4. The maximum absolute atomic E-state index is 12.8. The number of nitrogens with one attached hydrogen (secondary N) is 2. The Hall–Kier alpha value is -3.93. The van der Waals surface area contributed by atoms with Crippen molar-refractivity contribution in [3.05, 3.63) is 102 Å². The Morgan fingerprint density at radius 3 is 2.40 bits per heavy atom. The Bertz CT molecular complexity index is 1080. The van der Waals surface area contributed by atoms with E-state index in [0.717, 1.165) is 17.7 Å². The zero-order valence-corrected chi connectivity index (χ0v) is 16.4. The Labute approximate surface area is 175 Å². The highest BCUT2D eigenvalue weighted by molar-refractivity contribution is 5.93. The van der Waals surface area contributed by atoms with Gasteiger partial charge in [0.1, 0.15) is 17.3 Å². The normalized spacial score (nSPS) is 10.5. The fourth-order valence-electron chi connectivity index (χ4n) is 3.02. The summed E-state index contributed by atoms with van der Waals surface area (Å²) in [4.78, 5) is 21.8. The van der Waals surface area contributed by atoms with Crippen molar-refractivity contribution < 1.29 is 9.21 Å². The summed E-state index contributed by atoms with van der Waals surface area (Å²) in [6.07, 6.45) is 2.38. The minimum atomic E-state index is -0.230. The first kappa shape index (κ1) is 19.4. The third-order valence-electron chi connectivity index (χ3n) is 4.56. The molecule has 6 nitrogen and oxygen atoms in total. The second-order valence-corrected chi connectivity index (χ2v) is 6.75. The van der Waals surface area contributed by atoms with E-state index >= 15 is 0 Å². The lowest BCUT2D eigenvalue weighted by Crippen LogP contribution is -2.27. The molecule has 0 aliphatic heterocycles. The Morgan fingerprint density at radius 2 is 1.67 bits per heavy atom. The molecule has 1 amide bonds. The van der Waals surface area contributed by atoms with Crippen LogP contribution in [0, 0.1) is 0 Å². The van der Waals surface area contributed by atoms with E-state index in [-0.39, 0.29) is 5.91 Å². The second-order valence-electron chi connectivity index (χ2n) is 6.75.